The fourth-order valence-electron chi connectivity index (χ4n) is 2.61. The van der Waals surface area contributed by atoms with Crippen molar-refractivity contribution in [1.82, 2.24) is 4.90 Å². The number of ether oxygens (including phenoxy) is 3. The molecule has 9 heteroatoms. The maximum Gasteiger partial charge on any atom is 0.307 e. The van der Waals surface area contributed by atoms with Crippen LogP contribution in [0.4, 0.5) is 0 Å². The Morgan fingerprint density at radius 2 is 1.93 bits per heavy atom. The van der Waals surface area contributed by atoms with E-state index < -0.39 is 0 Å². The minimum Gasteiger partial charge on any atom is -0.490 e. The second kappa shape index (κ2) is 12.3. The maximum atomic E-state index is 12.8. The van der Waals surface area contributed by atoms with Gasteiger partial charge in [-0.2, -0.15) is 0 Å². The van der Waals surface area contributed by atoms with Gasteiger partial charge in [0.1, 0.15) is 4.32 Å². The zero-order valence-corrected chi connectivity index (χ0v) is 20.6. The van der Waals surface area contributed by atoms with Crippen LogP contribution in [0, 0.1) is 0 Å². The van der Waals surface area contributed by atoms with E-state index in [0.717, 1.165) is 22.9 Å². The summed E-state index contributed by atoms with van der Waals surface area (Å²) < 4.78 is 17.8. The van der Waals surface area contributed by atoms with Crippen molar-refractivity contribution in [2.45, 2.75) is 40.0 Å². The van der Waals surface area contributed by atoms with Gasteiger partial charge < -0.3 is 14.2 Å². The lowest BCUT2D eigenvalue weighted by molar-refractivity contribution is -0.143. The van der Waals surface area contributed by atoms with E-state index in [-0.39, 0.29) is 24.8 Å². The van der Waals surface area contributed by atoms with E-state index in [2.05, 4.69) is 15.9 Å². The number of carbonyl (C=O) groups excluding carboxylic acids is 2. The molecule has 1 heterocycles. The average Bonchev–Trinajstić information content (AvgIpc) is 2.97. The van der Waals surface area contributed by atoms with Crippen LogP contribution in [0.15, 0.2) is 21.5 Å². The largest absolute Gasteiger partial charge is 0.490 e. The normalized spacial score (nSPS) is 15.1. The standard InChI is InChI=1S/C21H26BrNO5S2/c1-4-9-27-18(24)7-8-23-20(25)17(30-21(23)29)13-14-11-15(22)19(28-10-5-2)16(12-14)26-6-3/h11-13H,4-10H2,1-3H3/b17-13-. The van der Waals surface area contributed by atoms with Gasteiger partial charge in [0, 0.05) is 6.54 Å². The molecule has 0 saturated carbocycles. The van der Waals surface area contributed by atoms with Crippen LogP contribution in [0.1, 0.15) is 45.6 Å². The maximum absolute atomic E-state index is 12.8. The molecule has 1 aliphatic rings. The lowest BCUT2D eigenvalue weighted by Gasteiger charge is -2.14. The first-order valence-corrected chi connectivity index (χ1v) is 11.9. The second-order valence-corrected chi connectivity index (χ2v) is 8.95. The molecular formula is C21H26BrNO5S2. The zero-order valence-electron chi connectivity index (χ0n) is 17.4. The summed E-state index contributed by atoms with van der Waals surface area (Å²) in [5.41, 5.74) is 0.789. The van der Waals surface area contributed by atoms with E-state index in [9.17, 15) is 9.59 Å². The molecule has 164 valence electrons. The number of thiocarbonyl (C=S) groups is 1. The van der Waals surface area contributed by atoms with Crippen LogP contribution in [0.5, 0.6) is 11.5 Å². The van der Waals surface area contributed by atoms with E-state index in [0.29, 0.717) is 40.5 Å². The van der Waals surface area contributed by atoms with Crippen LogP contribution < -0.4 is 9.47 Å². The Hall–Kier alpha value is -1.58. The van der Waals surface area contributed by atoms with Crippen molar-refractivity contribution in [2.75, 3.05) is 26.4 Å². The molecule has 6 nitrogen and oxygen atoms in total. The molecule has 0 bridgehead atoms. The first-order valence-electron chi connectivity index (χ1n) is 9.91. The van der Waals surface area contributed by atoms with Gasteiger partial charge in [-0.25, -0.2) is 0 Å². The molecule has 1 fully saturated rings. The minimum atomic E-state index is -0.331. The van der Waals surface area contributed by atoms with Crippen LogP contribution in [0.3, 0.4) is 0 Å². The van der Waals surface area contributed by atoms with Gasteiger partial charge in [0.05, 0.1) is 35.6 Å². The molecule has 1 aromatic rings. The van der Waals surface area contributed by atoms with Gasteiger partial charge >= 0.3 is 5.97 Å². The smallest absolute Gasteiger partial charge is 0.307 e. The number of carbonyl (C=O) groups is 2. The van der Waals surface area contributed by atoms with Crippen molar-refractivity contribution in [3.05, 3.63) is 27.1 Å². The van der Waals surface area contributed by atoms with E-state index in [1.165, 1.54) is 16.7 Å². The highest BCUT2D eigenvalue weighted by molar-refractivity contribution is 9.10. The van der Waals surface area contributed by atoms with Gasteiger partial charge in [0.15, 0.2) is 11.5 Å². The van der Waals surface area contributed by atoms with Crippen LogP contribution in [-0.4, -0.2) is 47.5 Å². The summed E-state index contributed by atoms with van der Waals surface area (Å²) in [6, 6.07) is 3.72. The Morgan fingerprint density at radius 3 is 2.60 bits per heavy atom. The minimum absolute atomic E-state index is 0.114. The van der Waals surface area contributed by atoms with Gasteiger partial charge in [-0.3, -0.25) is 14.5 Å². The average molecular weight is 516 g/mol. The number of rotatable bonds is 11. The summed E-state index contributed by atoms with van der Waals surface area (Å²) in [7, 11) is 0. The van der Waals surface area contributed by atoms with Gasteiger partial charge in [-0.1, -0.05) is 37.8 Å². The van der Waals surface area contributed by atoms with Crippen molar-refractivity contribution in [3.8, 4) is 11.5 Å². The highest BCUT2D eigenvalue weighted by Crippen LogP contribution is 2.39. The molecule has 0 spiro atoms. The van der Waals surface area contributed by atoms with Crippen molar-refractivity contribution >= 4 is 62.2 Å². The third kappa shape index (κ3) is 6.72. The molecule has 1 aromatic carbocycles. The lowest BCUT2D eigenvalue weighted by atomic mass is 10.1. The van der Waals surface area contributed by atoms with E-state index in [1.807, 2.05) is 32.9 Å². The number of thioether (sulfide) groups is 1. The molecule has 0 N–H and O–H groups in total. The SMILES string of the molecule is CCCOC(=O)CCN1C(=O)/C(=C/c2cc(Br)c(OCCC)c(OCC)c2)SC1=S. The Kier molecular flexibility index (Phi) is 10.1. The Balaban J connectivity index is 2.17. The van der Waals surface area contributed by atoms with Gasteiger partial charge in [-0.05, 0) is 59.5 Å². The van der Waals surface area contributed by atoms with Crippen LogP contribution >= 0.6 is 39.9 Å². The molecule has 0 atom stereocenters. The fourth-order valence-corrected chi connectivity index (χ4v) is 4.50. The molecule has 1 amide bonds. The molecule has 1 saturated heterocycles. The highest BCUT2D eigenvalue weighted by Gasteiger charge is 2.32. The highest BCUT2D eigenvalue weighted by atomic mass is 79.9. The topological polar surface area (TPSA) is 65.1 Å². The van der Waals surface area contributed by atoms with Crippen molar-refractivity contribution in [2.24, 2.45) is 0 Å². The van der Waals surface area contributed by atoms with E-state index in [4.69, 9.17) is 26.4 Å². The Bertz CT molecular complexity index is 828. The number of esters is 1. The number of benzene rings is 1. The van der Waals surface area contributed by atoms with Gasteiger partial charge in [0.2, 0.25) is 0 Å². The first-order chi connectivity index (χ1) is 14.4. The Morgan fingerprint density at radius 1 is 1.20 bits per heavy atom. The van der Waals surface area contributed by atoms with Crippen molar-refractivity contribution < 1.29 is 23.8 Å². The van der Waals surface area contributed by atoms with Crippen molar-refractivity contribution in [3.63, 3.8) is 0 Å². The molecule has 0 aliphatic carbocycles. The number of amides is 1. The molecule has 30 heavy (non-hydrogen) atoms. The molecular weight excluding hydrogens is 490 g/mol. The summed E-state index contributed by atoms with van der Waals surface area (Å²) >= 11 is 10.1. The van der Waals surface area contributed by atoms with Gasteiger partial charge in [0.25, 0.3) is 5.91 Å². The number of hydrogen-bond acceptors (Lipinski definition) is 7. The quantitative estimate of drug-likeness (QED) is 0.228. The van der Waals surface area contributed by atoms with Crippen LogP contribution in [-0.2, 0) is 14.3 Å². The van der Waals surface area contributed by atoms with Crippen LogP contribution in [0.2, 0.25) is 0 Å². The molecule has 1 aliphatic heterocycles. The summed E-state index contributed by atoms with van der Waals surface area (Å²) in [6.07, 6.45) is 3.53. The van der Waals surface area contributed by atoms with Gasteiger partial charge in [-0.15, -0.1) is 0 Å². The monoisotopic (exact) mass is 515 g/mol. The predicted molar refractivity (Wildman–Crippen MR) is 127 cm³/mol. The van der Waals surface area contributed by atoms with Crippen LogP contribution in [0.25, 0.3) is 6.08 Å². The van der Waals surface area contributed by atoms with E-state index in [1.54, 1.807) is 6.08 Å². The third-order valence-electron chi connectivity index (χ3n) is 3.96. The van der Waals surface area contributed by atoms with Crippen molar-refractivity contribution in [1.29, 1.82) is 0 Å². The second-order valence-electron chi connectivity index (χ2n) is 6.42. The summed E-state index contributed by atoms with van der Waals surface area (Å²) in [4.78, 5) is 26.5. The number of halogens is 1. The molecule has 0 radical (unpaired) electrons. The molecule has 0 aromatic heterocycles. The third-order valence-corrected chi connectivity index (χ3v) is 5.93. The first kappa shape index (κ1) is 24.7. The number of hydrogen-bond donors (Lipinski definition) is 0. The summed E-state index contributed by atoms with van der Waals surface area (Å²) in [6.45, 7) is 7.53. The zero-order chi connectivity index (χ0) is 22.1. The summed E-state index contributed by atoms with van der Waals surface area (Å²) in [5, 5.41) is 0. The summed E-state index contributed by atoms with van der Waals surface area (Å²) in [5.74, 6) is 0.714. The predicted octanol–water partition coefficient (Wildman–Crippen LogP) is 5.18. The number of nitrogens with zero attached hydrogens (tertiary/aromatic N) is 1. The molecule has 2 rings (SSSR count). The molecule has 0 unspecified atom stereocenters. The van der Waals surface area contributed by atoms with E-state index >= 15 is 0 Å². The Labute approximate surface area is 195 Å². The fraction of sp³-hybridized carbons (Fsp3) is 0.476. The lowest BCUT2D eigenvalue weighted by Crippen LogP contribution is -2.30.